The summed E-state index contributed by atoms with van der Waals surface area (Å²) in [4.78, 5) is 12.9. The molecule has 0 aliphatic rings. The second-order valence-electron chi connectivity index (χ2n) is 3.86. The van der Waals surface area contributed by atoms with E-state index in [9.17, 15) is 18.0 Å². The standard InChI is InChI=1S/C11H8ClF3N4O/c1-19-16-5-9(18-19)10(20)17-8-3-2-6(12)4-7(8)11(13,14)15/h2-5H,1H3,(H,17,20). The molecule has 0 fully saturated rings. The molecule has 0 spiro atoms. The number of halogens is 4. The molecule has 0 aliphatic heterocycles. The molecular formula is C11H8ClF3N4O. The maximum atomic E-state index is 12.8. The van der Waals surface area contributed by atoms with Crippen LogP contribution in [-0.4, -0.2) is 20.9 Å². The van der Waals surface area contributed by atoms with Crippen LogP contribution in [0.2, 0.25) is 5.02 Å². The fraction of sp³-hybridized carbons (Fsp3) is 0.182. The van der Waals surface area contributed by atoms with Crippen molar-refractivity contribution >= 4 is 23.2 Å². The second-order valence-corrected chi connectivity index (χ2v) is 4.30. The minimum Gasteiger partial charge on any atom is -0.320 e. The van der Waals surface area contributed by atoms with Gasteiger partial charge in [0.1, 0.15) is 0 Å². The lowest BCUT2D eigenvalue weighted by atomic mass is 10.1. The Morgan fingerprint density at radius 2 is 2.10 bits per heavy atom. The van der Waals surface area contributed by atoms with Gasteiger partial charge in [-0.2, -0.15) is 23.1 Å². The number of nitrogens with zero attached hydrogens (tertiary/aromatic N) is 3. The number of amides is 1. The van der Waals surface area contributed by atoms with Crippen molar-refractivity contribution in [3.63, 3.8) is 0 Å². The summed E-state index contributed by atoms with van der Waals surface area (Å²) in [6.07, 6.45) is -3.48. The van der Waals surface area contributed by atoms with Crippen LogP contribution in [0.25, 0.3) is 0 Å². The summed E-state index contributed by atoms with van der Waals surface area (Å²) in [6.45, 7) is 0. The average molecular weight is 305 g/mol. The molecule has 0 unspecified atom stereocenters. The molecule has 1 heterocycles. The highest BCUT2D eigenvalue weighted by molar-refractivity contribution is 6.30. The van der Waals surface area contributed by atoms with E-state index in [4.69, 9.17) is 11.6 Å². The average Bonchev–Trinajstić information content (AvgIpc) is 2.77. The third-order valence-corrected chi connectivity index (χ3v) is 2.60. The Balaban J connectivity index is 2.32. The van der Waals surface area contributed by atoms with Crippen molar-refractivity contribution in [2.45, 2.75) is 6.18 Å². The van der Waals surface area contributed by atoms with Crippen LogP contribution in [-0.2, 0) is 13.2 Å². The maximum Gasteiger partial charge on any atom is 0.418 e. The number of alkyl halides is 3. The molecule has 0 bridgehead atoms. The number of anilines is 1. The number of hydrogen-bond donors (Lipinski definition) is 1. The van der Waals surface area contributed by atoms with Crippen molar-refractivity contribution in [1.82, 2.24) is 15.0 Å². The summed E-state index contributed by atoms with van der Waals surface area (Å²) in [7, 11) is 1.49. The van der Waals surface area contributed by atoms with Gasteiger partial charge in [-0.3, -0.25) is 4.79 Å². The number of carbonyl (C=O) groups is 1. The van der Waals surface area contributed by atoms with Gasteiger partial charge in [0.2, 0.25) is 0 Å². The summed E-state index contributed by atoms with van der Waals surface area (Å²) < 4.78 is 38.5. The monoisotopic (exact) mass is 304 g/mol. The van der Waals surface area contributed by atoms with Gasteiger partial charge in [-0.25, -0.2) is 0 Å². The quantitative estimate of drug-likeness (QED) is 0.928. The zero-order valence-corrected chi connectivity index (χ0v) is 10.8. The predicted molar refractivity (Wildman–Crippen MR) is 65.4 cm³/mol. The number of hydrogen-bond acceptors (Lipinski definition) is 3. The van der Waals surface area contributed by atoms with E-state index in [1.807, 2.05) is 0 Å². The van der Waals surface area contributed by atoms with E-state index in [2.05, 4.69) is 15.5 Å². The first-order chi connectivity index (χ1) is 9.27. The van der Waals surface area contributed by atoms with Gasteiger partial charge < -0.3 is 5.32 Å². The highest BCUT2D eigenvalue weighted by Gasteiger charge is 2.34. The number of benzene rings is 1. The molecule has 5 nitrogen and oxygen atoms in total. The number of carbonyl (C=O) groups excluding carboxylic acids is 1. The van der Waals surface area contributed by atoms with E-state index in [1.54, 1.807) is 0 Å². The highest BCUT2D eigenvalue weighted by atomic mass is 35.5. The van der Waals surface area contributed by atoms with Crippen LogP contribution in [0.4, 0.5) is 18.9 Å². The number of aryl methyl sites for hydroxylation is 1. The third kappa shape index (κ3) is 3.08. The molecule has 0 aliphatic carbocycles. The van der Waals surface area contributed by atoms with E-state index >= 15 is 0 Å². The predicted octanol–water partition coefficient (Wildman–Crippen LogP) is 2.74. The van der Waals surface area contributed by atoms with Crippen LogP contribution in [0, 0.1) is 0 Å². The molecule has 0 atom stereocenters. The lowest BCUT2D eigenvalue weighted by molar-refractivity contribution is -0.136. The molecule has 20 heavy (non-hydrogen) atoms. The molecule has 1 amide bonds. The third-order valence-electron chi connectivity index (χ3n) is 2.37. The smallest absolute Gasteiger partial charge is 0.320 e. The van der Waals surface area contributed by atoms with Crippen molar-refractivity contribution in [3.05, 3.63) is 40.7 Å². The van der Waals surface area contributed by atoms with Gasteiger partial charge in [0, 0.05) is 12.1 Å². The fourth-order valence-electron chi connectivity index (χ4n) is 1.50. The van der Waals surface area contributed by atoms with Crippen molar-refractivity contribution in [2.24, 2.45) is 7.05 Å². The largest absolute Gasteiger partial charge is 0.418 e. The van der Waals surface area contributed by atoms with E-state index in [0.717, 1.165) is 23.1 Å². The Kier molecular flexibility index (Phi) is 3.67. The van der Waals surface area contributed by atoms with Gasteiger partial charge in [-0.15, -0.1) is 5.10 Å². The van der Waals surface area contributed by atoms with Crippen molar-refractivity contribution in [2.75, 3.05) is 5.32 Å². The van der Waals surface area contributed by atoms with E-state index in [1.165, 1.54) is 13.1 Å². The van der Waals surface area contributed by atoms with Crippen molar-refractivity contribution in [3.8, 4) is 0 Å². The molecule has 1 aromatic carbocycles. The number of nitrogens with one attached hydrogen (secondary N) is 1. The molecule has 106 valence electrons. The molecular weight excluding hydrogens is 297 g/mol. The fourth-order valence-corrected chi connectivity index (χ4v) is 1.67. The van der Waals surface area contributed by atoms with E-state index in [-0.39, 0.29) is 10.7 Å². The van der Waals surface area contributed by atoms with Gasteiger partial charge in [-0.05, 0) is 18.2 Å². The molecule has 9 heteroatoms. The van der Waals surface area contributed by atoms with Crippen LogP contribution in [0.5, 0.6) is 0 Å². The first kappa shape index (κ1) is 14.3. The van der Waals surface area contributed by atoms with Gasteiger partial charge in [0.05, 0.1) is 17.4 Å². The highest BCUT2D eigenvalue weighted by Crippen LogP contribution is 2.36. The van der Waals surface area contributed by atoms with Crippen LogP contribution in [0.1, 0.15) is 16.1 Å². The van der Waals surface area contributed by atoms with E-state index in [0.29, 0.717) is 0 Å². The summed E-state index contributed by atoms with van der Waals surface area (Å²) in [5.74, 6) is -0.786. The van der Waals surface area contributed by atoms with Gasteiger partial charge in [0.15, 0.2) is 5.69 Å². The van der Waals surface area contributed by atoms with Crippen LogP contribution in [0.15, 0.2) is 24.4 Å². The molecule has 2 rings (SSSR count). The second kappa shape index (κ2) is 5.12. The summed E-state index contributed by atoms with van der Waals surface area (Å²) >= 11 is 5.54. The summed E-state index contributed by atoms with van der Waals surface area (Å²) in [5, 5.41) is 9.43. The summed E-state index contributed by atoms with van der Waals surface area (Å²) in [6, 6.07) is 3.08. The van der Waals surface area contributed by atoms with Crippen LogP contribution < -0.4 is 5.32 Å². The first-order valence-corrected chi connectivity index (χ1v) is 5.69. The van der Waals surface area contributed by atoms with E-state index < -0.39 is 23.3 Å². The molecule has 1 N–H and O–H groups in total. The molecule has 0 radical (unpaired) electrons. The Morgan fingerprint density at radius 1 is 1.40 bits per heavy atom. The lowest BCUT2D eigenvalue weighted by Gasteiger charge is -2.13. The Morgan fingerprint density at radius 3 is 2.65 bits per heavy atom. The van der Waals surface area contributed by atoms with Crippen LogP contribution in [0.3, 0.4) is 0 Å². The zero-order chi connectivity index (χ0) is 14.9. The molecule has 2 aromatic rings. The maximum absolute atomic E-state index is 12.8. The Hall–Kier alpha value is -2.09. The zero-order valence-electron chi connectivity index (χ0n) is 10.1. The SMILES string of the molecule is Cn1ncc(C(=O)Nc2ccc(Cl)cc2C(F)(F)F)n1. The van der Waals surface area contributed by atoms with Gasteiger partial charge in [0.25, 0.3) is 5.91 Å². The lowest BCUT2D eigenvalue weighted by Crippen LogP contribution is -2.17. The summed E-state index contributed by atoms with van der Waals surface area (Å²) in [5.41, 5.74) is -1.50. The number of rotatable bonds is 2. The Labute approximate surface area is 116 Å². The normalized spacial score (nSPS) is 11.4. The molecule has 0 saturated carbocycles. The van der Waals surface area contributed by atoms with Crippen molar-refractivity contribution < 1.29 is 18.0 Å². The van der Waals surface area contributed by atoms with Gasteiger partial charge in [-0.1, -0.05) is 11.6 Å². The first-order valence-electron chi connectivity index (χ1n) is 5.32. The molecule has 0 saturated heterocycles. The topological polar surface area (TPSA) is 59.8 Å². The number of aromatic nitrogens is 3. The molecule has 1 aromatic heterocycles. The van der Waals surface area contributed by atoms with Gasteiger partial charge >= 0.3 is 6.18 Å². The minimum absolute atomic E-state index is 0.0742. The van der Waals surface area contributed by atoms with Crippen LogP contribution >= 0.6 is 11.6 Å². The minimum atomic E-state index is -4.63. The van der Waals surface area contributed by atoms with Crippen molar-refractivity contribution in [1.29, 1.82) is 0 Å². The Bertz CT molecular complexity index is 653.